The average Bonchev–Trinajstić information content (AvgIpc) is 2.47. The summed E-state index contributed by atoms with van der Waals surface area (Å²) in [4.78, 5) is 0.590. The van der Waals surface area contributed by atoms with Crippen molar-refractivity contribution in [3.63, 3.8) is 0 Å². The minimum absolute atomic E-state index is 0.276. The summed E-state index contributed by atoms with van der Waals surface area (Å²) in [6, 6.07) is 13.4. The molecule has 0 spiro atoms. The fourth-order valence-corrected chi connectivity index (χ4v) is 3.06. The minimum atomic E-state index is -3.44. The molecule has 19 heavy (non-hydrogen) atoms. The quantitative estimate of drug-likeness (QED) is 0.862. The number of rotatable bonds is 4. The largest absolute Gasteiger partial charge is 0.497 e. The van der Waals surface area contributed by atoms with Crippen LogP contribution in [0.4, 0.5) is 0 Å². The standard InChI is InChI=1S/C15H16O3S/c1-3-12-4-8-14(9-5-12)19(16,17)15-10-6-13(18-2)7-11-15/h4-11H,3H2,1-2H3. The van der Waals surface area contributed by atoms with Gasteiger partial charge in [0.1, 0.15) is 5.75 Å². The monoisotopic (exact) mass is 276 g/mol. The van der Waals surface area contributed by atoms with E-state index in [2.05, 4.69) is 0 Å². The van der Waals surface area contributed by atoms with Gasteiger partial charge in [0.2, 0.25) is 9.84 Å². The third-order valence-electron chi connectivity index (χ3n) is 3.01. The second kappa shape index (κ2) is 5.45. The maximum atomic E-state index is 12.4. The summed E-state index contributed by atoms with van der Waals surface area (Å²) in [6.07, 6.45) is 0.892. The van der Waals surface area contributed by atoms with Gasteiger partial charge < -0.3 is 4.74 Å². The van der Waals surface area contributed by atoms with E-state index in [4.69, 9.17) is 4.74 Å². The number of aryl methyl sites for hydroxylation is 1. The van der Waals surface area contributed by atoms with E-state index >= 15 is 0 Å². The number of hydrogen-bond acceptors (Lipinski definition) is 3. The number of hydrogen-bond donors (Lipinski definition) is 0. The van der Waals surface area contributed by atoms with Crippen LogP contribution in [0.25, 0.3) is 0 Å². The first-order chi connectivity index (χ1) is 9.07. The Morgan fingerprint density at radius 3 is 1.79 bits per heavy atom. The molecule has 4 heteroatoms. The van der Waals surface area contributed by atoms with Gasteiger partial charge in [-0.3, -0.25) is 0 Å². The number of sulfone groups is 1. The summed E-state index contributed by atoms with van der Waals surface area (Å²) >= 11 is 0. The summed E-state index contributed by atoms with van der Waals surface area (Å²) < 4.78 is 29.8. The molecule has 0 radical (unpaired) electrons. The molecule has 0 N–H and O–H groups in total. The van der Waals surface area contributed by atoms with Crippen molar-refractivity contribution in [2.75, 3.05) is 7.11 Å². The van der Waals surface area contributed by atoms with Crippen LogP contribution in [-0.4, -0.2) is 15.5 Å². The van der Waals surface area contributed by atoms with Crippen molar-refractivity contribution < 1.29 is 13.2 Å². The van der Waals surface area contributed by atoms with Crippen LogP contribution in [0.2, 0.25) is 0 Å². The van der Waals surface area contributed by atoms with E-state index in [0.717, 1.165) is 12.0 Å². The second-order valence-corrected chi connectivity index (χ2v) is 6.13. The fourth-order valence-electron chi connectivity index (χ4n) is 1.80. The highest BCUT2D eigenvalue weighted by Gasteiger charge is 2.17. The van der Waals surface area contributed by atoms with Crippen molar-refractivity contribution >= 4 is 9.84 Å². The molecule has 0 aliphatic carbocycles. The van der Waals surface area contributed by atoms with E-state index in [1.165, 1.54) is 0 Å². The van der Waals surface area contributed by atoms with E-state index < -0.39 is 9.84 Å². The highest BCUT2D eigenvalue weighted by molar-refractivity contribution is 7.91. The average molecular weight is 276 g/mol. The summed E-state index contributed by atoms with van der Waals surface area (Å²) in [6.45, 7) is 2.03. The molecule has 100 valence electrons. The molecule has 0 saturated carbocycles. The van der Waals surface area contributed by atoms with Gasteiger partial charge in [-0.1, -0.05) is 19.1 Å². The van der Waals surface area contributed by atoms with Crippen LogP contribution in [-0.2, 0) is 16.3 Å². The topological polar surface area (TPSA) is 43.4 Å². The van der Waals surface area contributed by atoms with E-state index in [9.17, 15) is 8.42 Å². The number of methoxy groups -OCH3 is 1. The zero-order chi connectivity index (χ0) is 13.9. The lowest BCUT2D eigenvalue weighted by Gasteiger charge is -2.06. The van der Waals surface area contributed by atoms with E-state index in [0.29, 0.717) is 10.6 Å². The molecule has 0 fully saturated rings. The highest BCUT2D eigenvalue weighted by Crippen LogP contribution is 2.23. The van der Waals surface area contributed by atoms with E-state index in [1.54, 1.807) is 43.5 Å². The van der Waals surface area contributed by atoms with Crippen molar-refractivity contribution in [1.82, 2.24) is 0 Å². The third-order valence-corrected chi connectivity index (χ3v) is 4.80. The molecule has 0 aromatic heterocycles. The summed E-state index contributed by atoms with van der Waals surface area (Å²) in [5.74, 6) is 0.639. The first-order valence-electron chi connectivity index (χ1n) is 6.06. The lowest BCUT2D eigenvalue weighted by Crippen LogP contribution is -2.02. The van der Waals surface area contributed by atoms with Gasteiger partial charge >= 0.3 is 0 Å². The third kappa shape index (κ3) is 2.79. The van der Waals surface area contributed by atoms with Crippen molar-refractivity contribution in [3.8, 4) is 5.75 Å². The highest BCUT2D eigenvalue weighted by atomic mass is 32.2. The van der Waals surface area contributed by atoms with E-state index in [1.807, 2.05) is 19.1 Å². The Hall–Kier alpha value is -1.81. The maximum Gasteiger partial charge on any atom is 0.206 e. The molecule has 2 aromatic carbocycles. The van der Waals surface area contributed by atoms with Crippen LogP contribution >= 0.6 is 0 Å². The molecule has 3 nitrogen and oxygen atoms in total. The summed E-state index contributed by atoms with van der Waals surface area (Å²) in [5, 5.41) is 0. The van der Waals surface area contributed by atoms with Gasteiger partial charge in [-0.15, -0.1) is 0 Å². The SMILES string of the molecule is CCc1ccc(S(=O)(=O)c2ccc(OC)cc2)cc1. The van der Waals surface area contributed by atoms with Gasteiger partial charge in [-0.25, -0.2) is 8.42 Å². The Balaban J connectivity index is 2.39. The van der Waals surface area contributed by atoms with Crippen molar-refractivity contribution in [1.29, 1.82) is 0 Å². The first kappa shape index (κ1) is 13.6. The molecule has 0 atom stereocenters. The Labute approximate surface area is 113 Å². The molecular weight excluding hydrogens is 260 g/mol. The lowest BCUT2D eigenvalue weighted by molar-refractivity contribution is 0.414. The van der Waals surface area contributed by atoms with Gasteiger partial charge in [-0.05, 0) is 48.4 Å². The van der Waals surface area contributed by atoms with Crippen LogP contribution in [0.3, 0.4) is 0 Å². The zero-order valence-corrected chi connectivity index (χ0v) is 11.8. The van der Waals surface area contributed by atoms with Gasteiger partial charge in [0.05, 0.1) is 16.9 Å². The molecule has 0 heterocycles. The predicted octanol–water partition coefficient (Wildman–Crippen LogP) is 3.09. The fraction of sp³-hybridized carbons (Fsp3) is 0.200. The molecule has 0 amide bonds. The number of ether oxygens (including phenoxy) is 1. The van der Waals surface area contributed by atoms with Crippen LogP contribution in [0.15, 0.2) is 58.3 Å². The van der Waals surface area contributed by atoms with Crippen molar-refractivity contribution in [3.05, 3.63) is 54.1 Å². The Morgan fingerprint density at radius 1 is 0.895 bits per heavy atom. The molecule has 0 saturated heterocycles. The smallest absolute Gasteiger partial charge is 0.206 e. The van der Waals surface area contributed by atoms with Crippen LogP contribution in [0, 0.1) is 0 Å². The molecule has 0 bridgehead atoms. The maximum absolute atomic E-state index is 12.4. The van der Waals surface area contributed by atoms with Gasteiger partial charge in [0.15, 0.2) is 0 Å². The molecule has 2 aromatic rings. The second-order valence-electron chi connectivity index (χ2n) is 4.18. The minimum Gasteiger partial charge on any atom is -0.497 e. The normalized spacial score (nSPS) is 11.3. The summed E-state index contributed by atoms with van der Waals surface area (Å²) in [5.41, 5.74) is 1.12. The zero-order valence-electron chi connectivity index (χ0n) is 11.0. The number of benzene rings is 2. The molecule has 2 rings (SSSR count). The Morgan fingerprint density at radius 2 is 1.37 bits per heavy atom. The Bertz CT molecular complexity index is 587. The van der Waals surface area contributed by atoms with Gasteiger partial charge in [0.25, 0.3) is 0 Å². The molecular formula is C15H16O3S. The summed E-state index contributed by atoms with van der Waals surface area (Å²) in [7, 11) is -1.90. The van der Waals surface area contributed by atoms with Crippen LogP contribution in [0.5, 0.6) is 5.75 Å². The van der Waals surface area contributed by atoms with Crippen LogP contribution in [0.1, 0.15) is 12.5 Å². The molecule has 0 aliphatic heterocycles. The lowest BCUT2D eigenvalue weighted by atomic mass is 10.2. The molecule has 0 aliphatic rings. The Kier molecular flexibility index (Phi) is 3.90. The van der Waals surface area contributed by atoms with E-state index in [-0.39, 0.29) is 4.90 Å². The van der Waals surface area contributed by atoms with Crippen molar-refractivity contribution in [2.24, 2.45) is 0 Å². The van der Waals surface area contributed by atoms with Crippen LogP contribution < -0.4 is 4.74 Å². The van der Waals surface area contributed by atoms with Gasteiger partial charge in [0, 0.05) is 0 Å². The predicted molar refractivity (Wildman–Crippen MR) is 74.3 cm³/mol. The van der Waals surface area contributed by atoms with Crippen molar-refractivity contribution in [2.45, 2.75) is 23.1 Å². The molecule has 0 unspecified atom stereocenters. The van der Waals surface area contributed by atoms with Gasteiger partial charge in [-0.2, -0.15) is 0 Å². The first-order valence-corrected chi connectivity index (χ1v) is 7.54.